The molecule has 21 heavy (non-hydrogen) atoms. The number of rotatable bonds is 3. The molecule has 1 unspecified atom stereocenters. The van der Waals surface area contributed by atoms with E-state index < -0.39 is 0 Å². The third kappa shape index (κ3) is 3.66. The largest absolute Gasteiger partial charge is 0.376 e. The molecule has 2 aromatic carbocycles. The Morgan fingerprint density at radius 1 is 0.810 bits per heavy atom. The molecule has 0 heterocycles. The smallest absolute Gasteiger partial charge is 0.0724 e. The molecule has 0 amide bonds. The van der Waals surface area contributed by atoms with Gasteiger partial charge in [-0.05, 0) is 62.1 Å². The zero-order chi connectivity index (χ0) is 15.7. The fraction of sp³-hybridized carbons (Fsp3) is 0.294. The van der Waals surface area contributed by atoms with E-state index in [1.54, 1.807) is 12.1 Å². The Morgan fingerprint density at radius 2 is 1.33 bits per heavy atom. The second kappa shape index (κ2) is 6.48. The quantitative estimate of drug-likeness (QED) is 0.651. The Hall–Kier alpha value is -0.890. The van der Waals surface area contributed by atoms with Crippen molar-refractivity contribution in [1.29, 1.82) is 0 Å². The zero-order valence-corrected chi connectivity index (χ0v) is 14.8. The molecule has 0 saturated heterocycles. The third-order valence-corrected chi connectivity index (χ3v) is 4.53. The van der Waals surface area contributed by atoms with Gasteiger partial charge in [0.15, 0.2) is 0 Å². The Balaban J connectivity index is 2.35. The predicted molar refractivity (Wildman–Crippen MR) is 94.2 cm³/mol. The summed E-state index contributed by atoms with van der Waals surface area (Å²) in [7, 11) is 0. The van der Waals surface area contributed by atoms with Gasteiger partial charge in [0.05, 0.1) is 15.7 Å². The van der Waals surface area contributed by atoms with Gasteiger partial charge in [-0.2, -0.15) is 0 Å². The molecule has 112 valence electrons. The highest BCUT2D eigenvalue weighted by Gasteiger charge is 2.14. The molecule has 0 aliphatic heterocycles. The number of halogens is 3. The van der Waals surface area contributed by atoms with Crippen molar-refractivity contribution in [3.05, 3.63) is 61.6 Å². The van der Waals surface area contributed by atoms with E-state index in [2.05, 4.69) is 45.1 Å². The maximum atomic E-state index is 6.23. The maximum absolute atomic E-state index is 6.23. The molecule has 2 aromatic rings. The van der Waals surface area contributed by atoms with Crippen molar-refractivity contribution in [3.8, 4) is 0 Å². The molecular formula is C17H18Cl3N. The van der Waals surface area contributed by atoms with Crippen LogP contribution in [0, 0.1) is 20.8 Å². The Bertz CT molecular complexity index is 657. The maximum Gasteiger partial charge on any atom is 0.0724 e. The Kier molecular flexibility index (Phi) is 5.08. The lowest BCUT2D eigenvalue weighted by Crippen LogP contribution is -2.10. The summed E-state index contributed by atoms with van der Waals surface area (Å²) in [6.07, 6.45) is 0. The average Bonchev–Trinajstić information content (AvgIpc) is 2.37. The van der Waals surface area contributed by atoms with Gasteiger partial charge in [-0.1, -0.05) is 46.9 Å². The summed E-state index contributed by atoms with van der Waals surface area (Å²) in [6, 6.07) is 7.89. The first kappa shape index (κ1) is 16.5. The SMILES string of the molecule is Cc1cc(C)c(C(C)Nc2c(Cl)cc(Cl)cc2Cl)cc1C. The molecular weight excluding hydrogens is 325 g/mol. The minimum absolute atomic E-state index is 0.0977. The van der Waals surface area contributed by atoms with E-state index in [9.17, 15) is 0 Å². The minimum Gasteiger partial charge on any atom is -0.376 e. The third-order valence-electron chi connectivity index (χ3n) is 3.72. The van der Waals surface area contributed by atoms with Crippen LogP contribution in [-0.2, 0) is 0 Å². The van der Waals surface area contributed by atoms with Gasteiger partial charge >= 0.3 is 0 Å². The summed E-state index contributed by atoms with van der Waals surface area (Å²) in [5.41, 5.74) is 5.77. The molecule has 0 radical (unpaired) electrons. The summed E-state index contributed by atoms with van der Waals surface area (Å²) in [4.78, 5) is 0. The summed E-state index contributed by atoms with van der Waals surface area (Å²) in [6.45, 7) is 8.45. The standard InChI is InChI=1S/C17H18Cl3N/c1-9-5-11(3)14(6-10(9)2)12(4)21-17-15(19)7-13(18)8-16(17)20/h5-8,12,21H,1-4H3. The second-order valence-electron chi connectivity index (χ2n) is 5.40. The molecule has 2 rings (SSSR count). The van der Waals surface area contributed by atoms with E-state index in [4.69, 9.17) is 34.8 Å². The predicted octanol–water partition coefficient (Wildman–Crippen LogP) is 6.75. The van der Waals surface area contributed by atoms with E-state index in [1.165, 1.54) is 22.3 Å². The van der Waals surface area contributed by atoms with E-state index in [0.29, 0.717) is 20.8 Å². The second-order valence-corrected chi connectivity index (χ2v) is 6.65. The van der Waals surface area contributed by atoms with Crippen LogP contribution in [0.2, 0.25) is 15.1 Å². The zero-order valence-electron chi connectivity index (χ0n) is 12.5. The van der Waals surface area contributed by atoms with Crippen LogP contribution in [0.1, 0.15) is 35.2 Å². The van der Waals surface area contributed by atoms with Crippen molar-refractivity contribution in [1.82, 2.24) is 0 Å². The molecule has 0 fully saturated rings. The Labute approximate surface area is 141 Å². The van der Waals surface area contributed by atoms with Gasteiger partial charge in [-0.15, -0.1) is 0 Å². The minimum atomic E-state index is 0.0977. The number of hydrogen-bond acceptors (Lipinski definition) is 1. The summed E-state index contributed by atoms with van der Waals surface area (Å²) >= 11 is 18.4. The van der Waals surface area contributed by atoms with Crippen molar-refractivity contribution >= 4 is 40.5 Å². The summed E-state index contributed by atoms with van der Waals surface area (Å²) < 4.78 is 0. The molecule has 1 N–H and O–H groups in total. The van der Waals surface area contributed by atoms with Crippen molar-refractivity contribution < 1.29 is 0 Å². The number of nitrogens with one attached hydrogen (secondary N) is 1. The first-order valence-corrected chi connectivity index (χ1v) is 7.91. The van der Waals surface area contributed by atoms with E-state index >= 15 is 0 Å². The molecule has 0 aliphatic carbocycles. The van der Waals surface area contributed by atoms with Crippen LogP contribution >= 0.6 is 34.8 Å². The molecule has 0 saturated carbocycles. The van der Waals surface area contributed by atoms with Crippen molar-refractivity contribution in [2.45, 2.75) is 33.7 Å². The van der Waals surface area contributed by atoms with Gasteiger partial charge in [0, 0.05) is 11.1 Å². The van der Waals surface area contributed by atoms with Gasteiger partial charge < -0.3 is 5.32 Å². The monoisotopic (exact) mass is 341 g/mol. The topological polar surface area (TPSA) is 12.0 Å². The van der Waals surface area contributed by atoms with Gasteiger partial charge in [0.25, 0.3) is 0 Å². The van der Waals surface area contributed by atoms with Crippen LogP contribution in [-0.4, -0.2) is 0 Å². The van der Waals surface area contributed by atoms with Gasteiger partial charge in [0.1, 0.15) is 0 Å². The van der Waals surface area contributed by atoms with E-state index in [-0.39, 0.29) is 6.04 Å². The molecule has 4 heteroatoms. The lowest BCUT2D eigenvalue weighted by Gasteiger charge is -2.21. The van der Waals surface area contributed by atoms with Crippen molar-refractivity contribution in [2.24, 2.45) is 0 Å². The van der Waals surface area contributed by atoms with Crippen molar-refractivity contribution in [3.63, 3.8) is 0 Å². The van der Waals surface area contributed by atoms with Crippen LogP contribution in [0.5, 0.6) is 0 Å². The Morgan fingerprint density at radius 3 is 1.90 bits per heavy atom. The van der Waals surface area contributed by atoms with Gasteiger partial charge in [0.2, 0.25) is 0 Å². The van der Waals surface area contributed by atoms with Crippen LogP contribution in [0.3, 0.4) is 0 Å². The van der Waals surface area contributed by atoms with E-state index in [1.807, 2.05) is 0 Å². The first-order valence-electron chi connectivity index (χ1n) is 6.78. The van der Waals surface area contributed by atoms with E-state index in [0.717, 1.165) is 0 Å². The summed E-state index contributed by atoms with van der Waals surface area (Å²) in [5, 5.41) is 4.98. The normalized spacial score (nSPS) is 12.3. The molecule has 0 aromatic heterocycles. The number of benzene rings is 2. The van der Waals surface area contributed by atoms with Crippen LogP contribution in [0.15, 0.2) is 24.3 Å². The number of anilines is 1. The molecule has 0 bridgehead atoms. The fourth-order valence-corrected chi connectivity index (χ4v) is 3.35. The highest BCUT2D eigenvalue weighted by Crippen LogP contribution is 2.36. The van der Waals surface area contributed by atoms with Gasteiger partial charge in [-0.25, -0.2) is 0 Å². The molecule has 1 nitrogen and oxygen atoms in total. The lowest BCUT2D eigenvalue weighted by atomic mass is 9.96. The summed E-state index contributed by atoms with van der Waals surface area (Å²) in [5.74, 6) is 0. The lowest BCUT2D eigenvalue weighted by molar-refractivity contribution is 0.871. The molecule has 0 spiro atoms. The number of aryl methyl sites for hydroxylation is 3. The van der Waals surface area contributed by atoms with Crippen LogP contribution in [0.25, 0.3) is 0 Å². The van der Waals surface area contributed by atoms with Crippen molar-refractivity contribution in [2.75, 3.05) is 5.32 Å². The highest BCUT2D eigenvalue weighted by molar-refractivity contribution is 6.41. The number of hydrogen-bond donors (Lipinski definition) is 1. The molecule has 0 aliphatic rings. The highest BCUT2D eigenvalue weighted by atomic mass is 35.5. The van der Waals surface area contributed by atoms with Crippen LogP contribution in [0.4, 0.5) is 5.69 Å². The fourth-order valence-electron chi connectivity index (χ4n) is 2.42. The average molecular weight is 343 g/mol. The van der Waals surface area contributed by atoms with Gasteiger partial charge in [-0.3, -0.25) is 0 Å². The molecule has 1 atom stereocenters. The first-order chi connectivity index (χ1) is 9.79. The van der Waals surface area contributed by atoms with Crippen LogP contribution < -0.4 is 5.32 Å².